The van der Waals surface area contributed by atoms with Crippen molar-refractivity contribution in [1.29, 1.82) is 0 Å². The number of hydrogen-bond acceptors (Lipinski definition) is 3. The Morgan fingerprint density at radius 1 is 1.29 bits per heavy atom. The highest BCUT2D eigenvalue weighted by atomic mass is 15.3. The molecule has 0 fully saturated rings. The fraction of sp³-hybridized carbons (Fsp3) is 0.385. The summed E-state index contributed by atoms with van der Waals surface area (Å²) in [5.74, 6) is 0. The Labute approximate surface area is 101 Å². The predicted octanol–water partition coefficient (Wildman–Crippen LogP) is 1.91. The monoisotopic (exact) mass is 230 g/mol. The van der Waals surface area contributed by atoms with E-state index in [2.05, 4.69) is 23.9 Å². The van der Waals surface area contributed by atoms with Gasteiger partial charge >= 0.3 is 0 Å². The summed E-state index contributed by atoms with van der Waals surface area (Å²) < 4.78 is 1.94. The molecule has 90 valence electrons. The fourth-order valence-electron chi connectivity index (χ4n) is 2.14. The van der Waals surface area contributed by atoms with Gasteiger partial charge in [0.15, 0.2) is 0 Å². The predicted molar refractivity (Wildman–Crippen MR) is 68.1 cm³/mol. The highest BCUT2D eigenvalue weighted by Gasteiger charge is 2.11. The lowest BCUT2D eigenvalue weighted by atomic mass is 10.1. The first kappa shape index (κ1) is 11.8. The Balaban J connectivity index is 2.52. The van der Waals surface area contributed by atoms with Gasteiger partial charge in [-0.2, -0.15) is 5.10 Å². The summed E-state index contributed by atoms with van der Waals surface area (Å²) in [5, 5.41) is 4.56. The van der Waals surface area contributed by atoms with Crippen molar-refractivity contribution < 1.29 is 0 Å². The number of hydrogen-bond donors (Lipinski definition) is 1. The topological polar surface area (TPSA) is 56.7 Å². The van der Waals surface area contributed by atoms with Crippen LogP contribution in [0.4, 0.5) is 0 Å². The van der Waals surface area contributed by atoms with Crippen LogP contribution < -0.4 is 5.73 Å². The van der Waals surface area contributed by atoms with Crippen molar-refractivity contribution in [3.63, 3.8) is 0 Å². The van der Waals surface area contributed by atoms with Gasteiger partial charge in [-0.3, -0.25) is 4.98 Å². The minimum absolute atomic E-state index is 0.501. The molecule has 0 saturated carbocycles. The maximum Gasteiger partial charge on any atom is 0.0835 e. The molecule has 0 atom stereocenters. The molecule has 2 aromatic rings. The van der Waals surface area contributed by atoms with Gasteiger partial charge in [0.1, 0.15) is 0 Å². The molecule has 0 aliphatic carbocycles. The van der Waals surface area contributed by atoms with Crippen molar-refractivity contribution in [2.45, 2.75) is 33.7 Å². The quantitative estimate of drug-likeness (QED) is 0.876. The van der Waals surface area contributed by atoms with E-state index in [0.29, 0.717) is 6.54 Å². The molecule has 0 bridgehead atoms. The average molecular weight is 230 g/mol. The molecule has 0 amide bonds. The van der Waals surface area contributed by atoms with Gasteiger partial charge in [-0.15, -0.1) is 0 Å². The average Bonchev–Trinajstić information content (AvgIpc) is 2.64. The third kappa shape index (κ3) is 2.08. The summed E-state index contributed by atoms with van der Waals surface area (Å²) in [7, 11) is 0. The molecule has 2 heterocycles. The van der Waals surface area contributed by atoms with Gasteiger partial charge in [0.2, 0.25) is 0 Å². The molecule has 17 heavy (non-hydrogen) atoms. The van der Waals surface area contributed by atoms with Gasteiger partial charge in [-0.25, -0.2) is 4.68 Å². The number of nitrogens with zero attached hydrogens (tertiary/aromatic N) is 3. The van der Waals surface area contributed by atoms with Gasteiger partial charge in [0.25, 0.3) is 0 Å². The summed E-state index contributed by atoms with van der Waals surface area (Å²) in [6.45, 7) is 6.78. The number of pyridine rings is 1. The van der Waals surface area contributed by atoms with Crippen molar-refractivity contribution in [1.82, 2.24) is 14.8 Å². The van der Waals surface area contributed by atoms with E-state index >= 15 is 0 Å². The van der Waals surface area contributed by atoms with Crippen LogP contribution >= 0.6 is 0 Å². The zero-order valence-corrected chi connectivity index (χ0v) is 10.6. The zero-order chi connectivity index (χ0) is 12.4. The lowest BCUT2D eigenvalue weighted by Crippen LogP contribution is -2.03. The molecule has 0 aromatic carbocycles. The second kappa shape index (κ2) is 4.67. The van der Waals surface area contributed by atoms with Crippen LogP contribution in [-0.4, -0.2) is 14.8 Å². The van der Waals surface area contributed by atoms with Gasteiger partial charge in [-0.1, -0.05) is 6.92 Å². The minimum atomic E-state index is 0.501. The molecule has 0 saturated heterocycles. The molecule has 4 heteroatoms. The molecular formula is C13H18N4. The summed E-state index contributed by atoms with van der Waals surface area (Å²) in [6.07, 6.45) is 4.61. The van der Waals surface area contributed by atoms with E-state index in [1.54, 1.807) is 6.20 Å². The second-order valence-corrected chi connectivity index (χ2v) is 4.17. The molecule has 0 aliphatic rings. The van der Waals surface area contributed by atoms with Crippen LogP contribution in [0, 0.1) is 13.8 Å². The highest BCUT2D eigenvalue weighted by molar-refractivity contribution is 5.37. The standard InChI is InChI=1S/C13H18N4/c1-4-13-9(2)16-17(10(13)3)12-5-11(6-14)7-15-8-12/h5,7-8H,4,6,14H2,1-3H3. The number of aryl methyl sites for hydroxylation is 1. The van der Waals surface area contributed by atoms with Crippen molar-refractivity contribution in [3.05, 3.63) is 41.0 Å². The van der Waals surface area contributed by atoms with Crippen molar-refractivity contribution >= 4 is 0 Å². The SMILES string of the molecule is CCc1c(C)nn(-c2cncc(CN)c2)c1C. The van der Waals surface area contributed by atoms with Crippen molar-refractivity contribution in [3.8, 4) is 5.69 Å². The lowest BCUT2D eigenvalue weighted by Gasteiger charge is -2.06. The van der Waals surface area contributed by atoms with Crippen molar-refractivity contribution in [2.75, 3.05) is 0 Å². The van der Waals surface area contributed by atoms with E-state index < -0.39 is 0 Å². The number of aromatic nitrogens is 3. The van der Waals surface area contributed by atoms with Crippen molar-refractivity contribution in [2.24, 2.45) is 5.73 Å². The van der Waals surface area contributed by atoms with E-state index in [9.17, 15) is 0 Å². The Hall–Kier alpha value is -1.68. The lowest BCUT2D eigenvalue weighted by molar-refractivity contribution is 0.823. The minimum Gasteiger partial charge on any atom is -0.326 e. The Bertz CT molecular complexity index is 528. The maximum atomic E-state index is 5.63. The largest absolute Gasteiger partial charge is 0.326 e. The van der Waals surface area contributed by atoms with E-state index in [4.69, 9.17) is 5.73 Å². The maximum absolute atomic E-state index is 5.63. The zero-order valence-electron chi connectivity index (χ0n) is 10.6. The summed E-state index contributed by atoms with van der Waals surface area (Å²) in [5.41, 5.74) is 11.2. The van der Waals surface area contributed by atoms with Crippen LogP contribution in [0.5, 0.6) is 0 Å². The molecule has 0 unspecified atom stereocenters. The van der Waals surface area contributed by atoms with E-state index in [1.807, 2.05) is 23.9 Å². The molecule has 0 aliphatic heterocycles. The van der Waals surface area contributed by atoms with Gasteiger partial charge < -0.3 is 5.73 Å². The smallest absolute Gasteiger partial charge is 0.0835 e. The van der Waals surface area contributed by atoms with E-state index in [1.165, 1.54) is 11.3 Å². The number of rotatable bonds is 3. The molecular weight excluding hydrogens is 212 g/mol. The molecule has 2 N–H and O–H groups in total. The molecule has 2 rings (SSSR count). The van der Waals surface area contributed by atoms with Gasteiger partial charge in [-0.05, 0) is 37.5 Å². The fourth-order valence-corrected chi connectivity index (χ4v) is 2.14. The van der Waals surface area contributed by atoms with Crippen LogP contribution in [0.1, 0.15) is 29.4 Å². The highest BCUT2D eigenvalue weighted by Crippen LogP contribution is 2.18. The third-order valence-electron chi connectivity index (χ3n) is 3.06. The van der Waals surface area contributed by atoms with Gasteiger partial charge in [0, 0.05) is 18.4 Å². The van der Waals surface area contributed by atoms with E-state index in [0.717, 1.165) is 23.4 Å². The third-order valence-corrected chi connectivity index (χ3v) is 3.06. The van der Waals surface area contributed by atoms with Crippen LogP contribution in [0.15, 0.2) is 18.5 Å². The summed E-state index contributed by atoms with van der Waals surface area (Å²) in [6, 6.07) is 2.03. The molecule has 4 nitrogen and oxygen atoms in total. The first-order chi connectivity index (χ1) is 8.17. The van der Waals surface area contributed by atoms with E-state index in [-0.39, 0.29) is 0 Å². The summed E-state index contributed by atoms with van der Waals surface area (Å²) in [4.78, 5) is 4.20. The van der Waals surface area contributed by atoms with Crippen LogP contribution in [-0.2, 0) is 13.0 Å². The summed E-state index contributed by atoms with van der Waals surface area (Å²) >= 11 is 0. The molecule has 0 radical (unpaired) electrons. The van der Waals surface area contributed by atoms with Crippen LogP contribution in [0.2, 0.25) is 0 Å². The first-order valence-electron chi connectivity index (χ1n) is 5.86. The molecule has 0 spiro atoms. The Kier molecular flexibility index (Phi) is 3.24. The van der Waals surface area contributed by atoms with Crippen LogP contribution in [0.3, 0.4) is 0 Å². The number of nitrogens with two attached hydrogens (primary N) is 1. The first-order valence-corrected chi connectivity index (χ1v) is 5.86. The van der Waals surface area contributed by atoms with Gasteiger partial charge in [0.05, 0.1) is 17.6 Å². The second-order valence-electron chi connectivity index (χ2n) is 4.17. The Morgan fingerprint density at radius 3 is 2.65 bits per heavy atom. The Morgan fingerprint density at radius 2 is 2.06 bits per heavy atom. The van der Waals surface area contributed by atoms with Crippen LogP contribution in [0.25, 0.3) is 5.69 Å². The molecule has 2 aromatic heterocycles. The normalized spacial score (nSPS) is 10.8.